The van der Waals surface area contributed by atoms with Crippen molar-refractivity contribution in [3.8, 4) is 0 Å². The van der Waals surface area contributed by atoms with Crippen LogP contribution in [0.5, 0.6) is 0 Å². The second-order valence-electron chi connectivity index (χ2n) is 2.67. The summed E-state index contributed by atoms with van der Waals surface area (Å²) >= 11 is 0. The van der Waals surface area contributed by atoms with E-state index in [1.54, 1.807) is 0 Å². The van der Waals surface area contributed by atoms with Crippen molar-refractivity contribution in [2.45, 2.75) is 0 Å². The second kappa shape index (κ2) is 14.6. The van der Waals surface area contributed by atoms with E-state index in [2.05, 4.69) is 0 Å². The van der Waals surface area contributed by atoms with E-state index in [0.717, 1.165) is 0 Å². The zero-order valence-electron chi connectivity index (χ0n) is 8.92. The molecule has 0 aliphatic heterocycles. The molecule has 106 valence electrons. The van der Waals surface area contributed by atoms with E-state index in [0.29, 0.717) is 0 Å². The molecule has 1 unspecified atom stereocenters. The fourth-order valence-electron chi connectivity index (χ4n) is 0.856. The van der Waals surface area contributed by atoms with Crippen LogP contribution < -0.4 is 0 Å². The van der Waals surface area contributed by atoms with Gasteiger partial charge in [-0.2, -0.15) is 9.90 Å². The van der Waals surface area contributed by atoms with Crippen LogP contribution in [0.1, 0.15) is 20.7 Å². The summed E-state index contributed by atoms with van der Waals surface area (Å²) in [4.78, 5) is 42.5. The summed E-state index contributed by atoms with van der Waals surface area (Å²) < 4.78 is 8.88. The van der Waals surface area contributed by atoms with E-state index in [1.165, 1.54) is 24.3 Å². The molecule has 1 atom stereocenters. The van der Waals surface area contributed by atoms with Crippen LogP contribution in [0.25, 0.3) is 0 Å². The molecule has 0 aromatic heterocycles. The van der Waals surface area contributed by atoms with Gasteiger partial charge in [-0.3, -0.25) is 0 Å². The van der Waals surface area contributed by atoms with Gasteiger partial charge in [0, 0.05) is 0 Å². The molecule has 8 nitrogen and oxygen atoms in total. The van der Waals surface area contributed by atoms with Crippen LogP contribution in [0.15, 0.2) is 24.3 Å². The van der Waals surface area contributed by atoms with Gasteiger partial charge in [-0.25, -0.2) is 14.2 Å². The van der Waals surface area contributed by atoms with Gasteiger partial charge in [-0.05, 0) is 12.1 Å². The molecule has 0 heterocycles. The van der Waals surface area contributed by atoms with Crippen molar-refractivity contribution in [2.75, 3.05) is 0 Å². The van der Waals surface area contributed by atoms with Gasteiger partial charge >= 0.3 is 123 Å². The van der Waals surface area contributed by atoms with Crippen molar-refractivity contribution in [3.63, 3.8) is 0 Å². The van der Waals surface area contributed by atoms with Gasteiger partial charge in [0.05, 0.1) is 11.1 Å². The zero-order valence-corrected chi connectivity index (χ0v) is 11.2. The molecule has 0 bridgehead atoms. The number of carbonyl (C=O) groups is 2. The molecule has 5 N–H and O–H groups in total. The maximum absolute atomic E-state index is 10.5. The first kappa shape index (κ1) is 29.9. The van der Waals surface area contributed by atoms with Crippen LogP contribution in [-0.4, -0.2) is 140 Å². The van der Waals surface area contributed by atoms with Gasteiger partial charge in [-0.15, -0.1) is 0 Å². The third-order valence-corrected chi connectivity index (χ3v) is 1.39. The van der Waals surface area contributed by atoms with E-state index in [4.69, 9.17) is 29.5 Å². The fraction of sp³-hybridized carbons (Fsp3) is 0. The minimum absolute atomic E-state index is 0. The number of benzene rings is 1. The topological polar surface area (TPSA) is 152 Å². The predicted octanol–water partition coefficient (Wildman–Crippen LogP) is -1.08. The summed E-state index contributed by atoms with van der Waals surface area (Å²) in [5.41, 5.74) is -0.380. The summed E-state index contributed by atoms with van der Waals surface area (Å²) in [6.07, 6.45) is 0. The molecule has 0 aliphatic carbocycles. The number of carboxylic acid groups (broad SMARTS) is 2. The standard InChI is InChI=1S/C8H6O4.2K.H3O4P.H3P.2H/c9-7(10)5-3-1-2-4-6(5)8(11)12;;;1-5(2,3)4;;;/h1-4H,(H,9,10)(H,11,12);;;(H3,1,2,3,4);1H3;;. The first-order valence-electron chi connectivity index (χ1n) is 3.97. The van der Waals surface area contributed by atoms with Gasteiger partial charge < -0.3 is 24.9 Å². The Morgan fingerprint density at radius 1 is 0.850 bits per heavy atom. The molecule has 20 heavy (non-hydrogen) atoms. The van der Waals surface area contributed by atoms with Gasteiger partial charge in [0.2, 0.25) is 0 Å². The number of phosphoric acid groups is 1. The number of hydrogen-bond donors (Lipinski definition) is 5. The number of aromatic carboxylic acids is 2. The summed E-state index contributed by atoms with van der Waals surface area (Å²) in [5, 5.41) is 17.1. The Hall–Kier alpha value is 1.97. The second-order valence-corrected chi connectivity index (χ2v) is 3.70. The first-order valence-corrected chi connectivity index (χ1v) is 5.53. The summed E-state index contributed by atoms with van der Waals surface area (Å²) in [6.45, 7) is 0. The molecule has 1 aromatic carbocycles. The monoisotopic (exact) mass is 378 g/mol. The molecule has 0 fully saturated rings. The molecule has 0 radical (unpaired) electrons. The average Bonchev–Trinajstić information content (AvgIpc) is 2.15. The van der Waals surface area contributed by atoms with Crippen molar-refractivity contribution in [2.24, 2.45) is 0 Å². The fourth-order valence-corrected chi connectivity index (χ4v) is 0.856. The van der Waals surface area contributed by atoms with Crippen LogP contribution in [0.4, 0.5) is 0 Å². The third kappa shape index (κ3) is 16.3. The number of hydrogen-bond acceptors (Lipinski definition) is 3. The van der Waals surface area contributed by atoms with Crippen molar-refractivity contribution < 1.29 is 39.0 Å². The molecule has 1 rings (SSSR count). The van der Waals surface area contributed by atoms with Gasteiger partial charge in [0.25, 0.3) is 0 Å². The molecule has 0 spiro atoms. The molecule has 0 amide bonds. The Balaban J connectivity index is -0.000000141. The molecule has 12 heteroatoms. The Morgan fingerprint density at radius 2 is 1.05 bits per heavy atom. The van der Waals surface area contributed by atoms with Gasteiger partial charge in [-0.1, -0.05) is 12.1 Å². The third-order valence-electron chi connectivity index (χ3n) is 1.39. The normalized spacial score (nSPS) is 8.55. The SMILES string of the molecule is O=C(O)c1ccccc1C(=O)O.O=P(O)(O)O.P.[KH].[KH]. The zero-order chi connectivity index (χ0) is 13.6. The molecule has 0 saturated heterocycles. The van der Waals surface area contributed by atoms with Crippen molar-refractivity contribution in [3.05, 3.63) is 35.4 Å². The van der Waals surface area contributed by atoms with E-state index in [9.17, 15) is 9.59 Å². The van der Waals surface area contributed by atoms with Crippen LogP contribution in [0.3, 0.4) is 0 Å². The van der Waals surface area contributed by atoms with E-state index < -0.39 is 19.8 Å². The van der Waals surface area contributed by atoms with Crippen molar-refractivity contribution >= 4 is 132 Å². The molecule has 1 aromatic rings. The van der Waals surface area contributed by atoms with Crippen LogP contribution in [0, 0.1) is 0 Å². The van der Waals surface area contributed by atoms with Crippen LogP contribution in [-0.2, 0) is 4.57 Å². The molecule has 0 aliphatic rings. The Kier molecular flexibility index (Phi) is 21.8. The molecular formula is C8H14K2O8P2. The van der Waals surface area contributed by atoms with E-state index in [-0.39, 0.29) is 124 Å². The van der Waals surface area contributed by atoms with Crippen molar-refractivity contribution in [1.82, 2.24) is 0 Å². The minimum atomic E-state index is -4.64. The quantitative estimate of drug-likeness (QED) is 0.322. The first-order chi connectivity index (χ1) is 7.63. The summed E-state index contributed by atoms with van der Waals surface area (Å²) in [5.74, 6) is -2.46. The van der Waals surface area contributed by atoms with Gasteiger partial charge in [0.15, 0.2) is 0 Å². The Morgan fingerprint density at radius 3 is 1.20 bits per heavy atom. The maximum atomic E-state index is 10.5. The van der Waals surface area contributed by atoms with E-state index in [1.807, 2.05) is 0 Å². The molecule has 0 saturated carbocycles. The van der Waals surface area contributed by atoms with E-state index >= 15 is 0 Å². The van der Waals surface area contributed by atoms with Gasteiger partial charge in [0.1, 0.15) is 0 Å². The average molecular weight is 378 g/mol. The van der Waals surface area contributed by atoms with Crippen molar-refractivity contribution in [1.29, 1.82) is 0 Å². The van der Waals surface area contributed by atoms with Crippen LogP contribution >= 0.6 is 17.7 Å². The Labute approximate surface area is 203 Å². The predicted molar refractivity (Wildman–Crippen MR) is 80.0 cm³/mol. The number of carboxylic acids is 2. The number of rotatable bonds is 2. The Bertz CT molecular complexity index is 434. The summed E-state index contributed by atoms with van der Waals surface area (Å²) in [6, 6.07) is 5.48. The van der Waals surface area contributed by atoms with Crippen LogP contribution in [0.2, 0.25) is 0 Å². The summed E-state index contributed by atoms with van der Waals surface area (Å²) in [7, 11) is -4.64. The molecular weight excluding hydrogens is 364 g/mol.